The maximum Gasteiger partial charge on any atom is 0.272 e. The van der Waals surface area contributed by atoms with Gasteiger partial charge in [0.15, 0.2) is 0 Å². The number of hydrogen-bond acceptors (Lipinski definition) is 4. The molecule has 1 fully saturated rings. The fraction of sp³-hybridized carbons (Fsp3) is 0.333. The van der Waals surface area contributed by atoms with Crippen LogP contribution in [0.2, 0.25) is 0 Å². The number of anilines is 2. The zero-order valence-electron chi connectivity index (χ0n) is 13.6. The van der Waals surface area contributed by atoms with E-state index in [1.165, 1.54) is 5.56 Å². The zero-order valence-corrected chi connectivity index (χ0v) is 13.6. The van der Waals surface area contributed by atoms with E-state index in [9.17, 15) is 4.79 Å². The van der Waals surface area contributed by atoms with Gasteiger partial charge >= 0.3 is 0 Å². The Morgan fingerprint density at radius 3 is 2.52 bits per heavy atom. The highest BCUT2D eigenvalue weighted by Gasteiger charge is 2.21. The number of pyridine rings is 1. The van der Waals surface area contributed by atoms with Gasteiger partial charge in [0.1, 0.15) is 5.69 Å². The van der Waals surface area contributed by atoms with Crippen molar-refractivity contribution >= 4 is 17.3 Å². The molecule has 0 saturated carbocycles. The van der Waals surface area contributed by atoms with Gasteiger partial charge in [0.05, 0.1) is 11.9 Å². The number of piperazine rings is 1. The van der Waals surface area contributed by atoms with Gasteiger partial charge in [0, 0.05) is 31.9 Å². The lowest BCUT2D eigenvalue weighted by Gasteiger charge is -2.32. The predicted molar refractivity (Wildman–Crippen MR) is 92.1 cm³/mol. The number of carbonyl (C=O) groups excluding carboxylic acids is 1. The normalized spacial score (nSPS) is 15.5. The predicted octanol–water partition coefficient (Wildman–Crippen LogP) is 2.52. The topological polar surface area (TPSA) is 48.5 Å². The summed E-state index contributed by atoms with van der Waals surface area (Å²) in [6.45, 7) is 5.42. The Labute approximate surface area is 136 Å². The molecule has 2 heterocycles. The van der Waals surface area contributed by atoms with Gasteiger partial charge in [-0.2, -0.15) is 0 Å². The quantitative estimate of drug-likeness (QED) is 0.946. The van der Waals surface area contributed by atoms with Crippen molar-refractivity contribution in [1.29, 1.82) is 0 Å². The van der Waals surface area contributed by atoms with Crippen LogP contribution < -0.4 is 5.32 Å². The monoisotopic (exact) mass is 310 g/mol. The molecule has 3 rings (SSSR count). The summed E-state index contributed by atoms with van der Waals surface area (Å²) in [6.07, 6.45) is 1.71. The molecule has 1 aromatic carbocycles. The Kier molecular flexibility index (Phi) is 4.57. The number of aryl methyl sites for hydroxylation is 1. The lowest BCUT2D eigenvalue weighted by atomic mass is 10.2. The Hall–Kier alpha value is -2.40. The second-order valence-corrected chi connectivity index (χ2v) is 6.02. The fourth-order valence-electron chi connectivity index (χ4n) is 2.66. The van der Waals surface area contributed by atoms with Crippen molar-refractivity contribution in [3.8, 4) is 0 Å². The summed E-state index contributed by atoms with van der Waals surface area (Å²) in [5.41, 5.74) is 3.60. The first-order valence-corrected chi connectivity index (χ1v) is 7.89. The van der Waals surface area contributed by atoms with Crippen LogP contribution in [0.1, 0.15) is 16.1 Å². The number of nitrogens with zero attached hydrogens (tertiary/aromatic N) is 3. The summed E-state index contributed by atoms with van der Waals surface area (Å²) in [4.78, 5) is 20.9. The second-order valence-electron chi connectivity index (χ2n) is 6.02. The number of benzene rings is 1. The molecule has 0 aliphatic carbocycles. The first-order chi connectivity index (χ1) is 11.1. The van der Waals surface area contributed by atoms with Gasteiger partial charge in [-0.25, -0.2) is 4.98 Å². The Morgan fingerprint density at radius 2 is 1.87 bits per heavy atom. The van der Waals surface area contributed by atoms with Crippen molar-refractivity contribution in [3.05, 3.63) is 53.9 Å². The van der Waals surface area contributed by atoms with Gasteiger partial charge in [-0.15, -0.1) is 0 Å². The van der Waals surface area contributed by atoms with E-state index in [0.29, 0.717) is 5.69 Å². The minimum Gasteiger partial charge on any atom is -0.354 e. The van der Waals surface area contributed by atoms with Crippen LogP contribution in [-0.4, -0.2) is 53.9 Å². The minimum absolute atomic E-state index is 0.0141. The van der Waals surface area contributed by atoms with Crippen molar-refractivity contribution in [2.24, 2.45) is 0 Å². The SMILES string of the molecule is Cc1cccc(Nc2ccc(C(=O)N3CCN(C)CC3)nc2)c1. The third kappa shape index (κ3) is 3.87. The molecule has 5 nitrogen and oxygen atoms in total. The molecule has 1 aromatic heterocycles. The van der Waals surface area contributed by atoms with Crippen LogP contribution in [0.4, 0.5) is 11.4 Å². The maximum absolute atomic E-state index is 12.4. The molecule has 23 heavy (non-hydrogen) atoms. The number of likely N-dealkylation sites (N-methyl/N-ethyl adjacent to an activating group) is 1. The zero-order chi connectivity index (χ0) is 16.2. The molecule has 0 bridgehead atoms. The summed E-state index contributed by atoms with van der Waals surface area (Å²) in [6, 6.07) is 11.8. The van der Waals surface area contributed by atoms with E-state index in [-0.39, 0.29) is 5.91 Å². The van der Waals surface area contributed by atoms with Crippen molar-refractivity contribution in [2.75, 3.05) is 38.5 Å². The Balaban J connectivity index is 1.66. The number of nitrogens with one attached hydrogen (secondary N) is 1. The molecule has 1 aliphatic rings. The van der Waals surface area contributed by atoms with Gasteiger partial charge in [-0.1, -0.05) is 12.1 Å². The van der Waals surface area contributed by atoms with E-state index in [1.54, 1.807) is 12.3 Å². The highest BCUT2D eigenvalue weighted by molar-refractivity contribution is 5.92. The van der Waals surface area contributed by atoms with Crippen LogP contribution >= 0.6 is 0 Å². The number of amides is 1. The van der Waals surface area contributed by atoms with Crippen molar-refractivity contribution in [2.45, 2.75) is 6.92 Å². The fourth-order valence-corrected chi connectivity index (χ4v) is 2.66. The molecule has 0 spiro atoms. The van der Waals surface area contributed by atoms with Crippen LogP contribution in [0.25, 0.3) is 0 Å². The van der Waals surface area contributed by atoms with Crippen LogP contribution in [-0.2, 0) is 0 Å². The van der Waals surface area contributed by atoms with E-state index < -0.39 is 0 Å². The number of aromatic nitrogens is 1. The molecule has 2 aromatic rings. The maximum atomic E-state index is 12.4. The summed E-state index contributed by atoms with van der Waals surface area (Å²) in [5, 5.41) is 3.30. The van der Waals surface area contributed by atoms with Crippen molar-refractivity contribution < 1.29 is 4.79 Å². The van der Waals surface area contributed by atoms with Gasteiger partial charge in [0.2, 0.25) is 0 Å². The van der Waals surface area contributed by atoms with Gasteiger partial charge in [-0.3, -0.25) is 4.79 Å². The average Bonchev–Trinajstić information content (AvgIpc) is 2.56. The molecule has 1 saturated heterocycles. The summed E-state index contributed by atoms with van der Waals surface area (Å²) < 4.78 is 0. The van der Waals surface area contributed by atoms with Gasteiger partial charge < -0.3 is 15.1 Å². The largest absolute Gasteiger partial charge is 0.354 e. The summed E-state index contributed by atoms with van der Waals surface area (Å²) in [7, 11) is 2.08. The Morgan fingerprint density at radius 1 is 1.09 bits per heavy atom. The lowest BCUT2D eigenvalue weighted by Crippen LogP contribution is -2.47. The molecule has 120 valence electrons. The third-order valence-electron chi connectivity index (χ3n) is 4.08. The van der Waals surface area contributed by atoms with E-state index >= 15 is 0 Å². The van der Waals surface area contributed by atoms with Crippen molar-refractivity contribution in [1.82, 2.24) is 14.8 Å². The Bertz CT molecular complexity index is 676. The molecular formula is C18H22N4O. The van der Waals surface area contributed by atoms with Gasteiger partial charge in [0.25, 0.3) is 5.91 Å². The number of carbonyl (C=O) groups is 1. The smallest absolute Gasteiger partial charge is 0.272 e. The highest BCUT2D eigenvalue weighted by atomic mass is 16.2. The molecule has 1 amide bonds. The number of rotatable bonds is 3. The first-order valence-electron chi connectivity index (χ1n) is 7.89. The second kappa shape index (κ2) is 6.79. The lowest BCUT2D eigenvalue weighted by molar-refractivity contribution is 0.0658. The third-order valence-corrected chi connectivity index (χ3v) is 4.08. The van der Waals surface area contributed by atoms with Crippen LogP contribution in [0.5, 0.6) is 0 Å². The van der Waals surface area contributed by atoms with E-state index in [0.717, 1.165) is 37.6 Å². The van der Waals surface area contributed by atoms with Crippen LogP contribution in [0.3, 0.4) is 0 Å². The first kappa shape index (κ1) is 15.5. The van der Waals surface area contributed by atoms with Crippen LogP contribution in [0.15, 0.2) is 42.6 Å². The molecule has 1 aliphatic heterocycles. The summed E-state index contributed by atoms with van der Waals surface area (Å²) >= 11 is 0. The summed E-state index contributed by atoms with van der Waals surface area (Å²) in [5.74, 6) is 0.0141. The van der Waals surface area contributed by atoms with E-state index in [2.05, 4.69) is 41.3 Å². The minimum atomic E-state index is 0.0141. The molecule has 0 atom stereocenters. The highest BCUT2D eigenvalue weighted by Crippen LogP contribution is 2.17. The number of hydrogen-bond donors (Lipinski definition) is 1. The molecule has 0 radical (unpaired) electrons. The van der Waals surface area contributed by atoms with Gasteiger partial charge in [-0.05, 0) is 43.8 Å². The van der Waals surface area contributed by atoms with Crippen molar-refractivity contribution in [3.63, 3.8) is 0 Å². The van der Waals surface area contributed by atoms with E-state index in [1.807, 2.05) is 23.1 Å². The van der Waals surface area contributed by atoms with E-state index in [4.69, 9.17) is 0 Å². The average molecular weight is 310 g/mol. The standard InChI is InChI=1S/C18H22N4O/c1-14-4-3-5-15(12-14)20-16-6-7-17(19-13-16)18(23)22-10-8-21(2)9-11-22/h3-7,12-13,20H,8-11H2,1-2H3. The molecular weight excluding hydrogens is 288 g/mol. The molecule has 0 unspecified atom stereocenters. The van der Waals surface area contributed by atoms with Crippen LogP contribution in [0, 0.1) is 6.92 Å². The molecule has 1 N–H and O–H groups in total. The molecule has 5 heteroatoms.